The molecular formula is C16H17BrN4O. The second-order valence-corrected chi connectivity index (χ2v) is 6.23. The zero-order valence-electron chi connectivity index (χ0n) is 12.1. The van der Waals surface area contributed by atoms with E-state index in [4.69, 9.17) is 0 Å². The molecule has 0 aliphatic carbocycles. The van der Waals surface area contributed by atoms with Gasteiger partial charge in [0.1, 0.15) is 12.1 Å². The SMILES string of the molecule is O=C(c1cccc(Br)c1)N1CCC(Nc2ccncn2)CC1. The number of benzene rings is 1. The van der Waals surface area contributed by atoms with Gasteiger partial charge in [0.2, 0.25) is 0 Å². The van der Waals surface area contributed by atoms with E-state index in [1.54, 1.807) is 6.20 Å². The third-order valence-corrected chi connectivity index (χ3v) is 4.28. The van der Waals surface area contributed by atoms with Gasteiger partial charge in [-0.2, -0.15) is 0 Å². The summed E-state index contributed by atoms with van der Waals surface area (Å²) in [5.74, 6) is 0.938. The average molecular weight is 361 g/mol. The number of hydrogen-bond acceptors (Lipinski definition) is 4. The van der Waals surface area contributed by atoms with Crippen molar-refractivity contribution < 1.29 is 4.79 Å². The Kier molecular flexibility index (Phi) is 4.68. The van der Waals surface area contributed by atoms with Gasteiger partial charge in [-0.05, 0) is 37.1 Å². The molecule has 5 nitrogen and oxygen atoms in total. The van der Waals surface area contributed by atoms with Crippen LogP contribution in [-0.2, 0) is 0 Å². The molecule has 6 heteroatoms. The second kappa shape index (κ2) is 6.87. The highest BCUT2D eigenvalue weighted by Crippen LogP contribution is 2.18. The maximum atomic E-state index is 12.5. The molecule has 0 bridgehead atoms. The summed E-state index contributed by atoms with van der Waals surface area (Å²) in [6.45, 7) is 1.52. The van der Waals surface area contributed by atoms with Crippen LogP contribution < -0.4 is 5.32 Å². The molecule has 2 aromatic rings. The van der Waals surface area contributed by atoms with E-state index in [9.17, 15) is 4.79 Å². The molecule has 3 rings (SSSR count). The number of nitrogens with one attached hydrogen (secondary N) is 1. The molecular weight excluding hydrogens is 344 g/mol. The molecule has 0 atom stereocenters. The van der Waals surface area contributed by atoms with Crippen molar-refractivity contribution in [1.29, 1.82) is 0 Å². The Morgan fingerprint density at radius 3 is 2.77 bits per heavy atom. The summed E-state index contributed by atoms with van der Waals surface area (Å²) in [4.78, 5) is 22.5. The first-order valence-corrected chi connectivity index (χ1v) is 8.09. The van der Waals surface area contributed by atoms with Crippen molar-refractivity contribution in [2.45, 2.75) is 18.9 Å². The van der Waals surface area contributed by atoms with Crippen LogP contribution in [0.25, 0.3) is 0 Å². The van der Waals surface area contributed by atoms with Crippen LogP contribution >= 0.6 is 15.9 Å². The van der Waals surface area contributed by atoms with Crippen molar-refractivity contribution in [3.63, 3.8) is 0 Å². The lowest BCUT2D eigenvalue weighted by Gasteiger charge is -2.32. The van der Waals surface area contributed by atoms with Gasteiger partial charge < -0.3 is 10.2 Å². The number of anilines is 1. The molecule has 1 aliphatic heterocycles. The van der Waals surface area contributed by atoms with Crippen molar-refractivity contribution in [1.82, 2.24) is 14.9 Å². The zero-order chi connectivity index (χ0) is 15.4. The molecule has 1 amide bonds. The van der Waals surface area contributed by atoms with Crippen LogP contribution in [0.15, 0.2) is 47.3 Å². The van der Waals surface area contributed by atoms with Crippen molar-refractivity contribution in [3.8, 4) is 0 Å². The fourth-order valence-electron chi connectivity index (χ4n) is 2.62. The van der Waals surface area contributed by atoms with E-state index < -0.39 is 0 Å². The number of nitrogens with zero attached hydrogens (tertiary/aromatic N) is 3. The Morgan fingerprint density at radius 2 is 2.09 bits per heavy atom. The summed E-state index contributed by atoms with van der Waals surface area (Å²) < 4.78 is 0.929. The Hall–Kier alpha value is -1.95. The van der Waals surface area contributed by atoms with E-state index in [-0.39, 0.29) is 5.91 Å². The standard InChI is InChI=1S/C16H17BrN4O/c17-13-3-1-2-12(10-13)16(22)21-8-5-14(6-9-21)20-15-4-7-18-11-19-15/h1-4,7,10-11,14H,5-6,8-9H2,(H,18,19,20). The number of amides is 1. The van der Waals surface area contributed by atoms with E-state index in [1.165, 1.54) is 6.33 Å². The Balaban J connectivity index is 1.56. The van der Waals surface area contributed by atoms with E-state index in [0.29, 0.717) is 6.04 Å². The minimum absolute atomic E-state index is 0.0989. The zero-order valence-corrected chi connectivity index (χ0v) is 13.7. The predicted octanol–water partition coefficient (Wildman–Crippen LogP) is 2.96. The fourth-order valence-corrected chi connectivity index (χ4v) is 3.02. The first-order chi connectivity index (χ1) is 10.7. The number of halogens is 1. The van der Waals surface area contributed by atoms with Crippen LogP contribution in [-0.4, -0.2) is 39.9 Å². The number of rotatable bonds is 3. The Labute approximate surface area is 137 Å². The molecule has 1 aliphatic rings. The lowest BCUT2D eigenvalue weighted by molar-refractivity contribution is 0.0718. The largest absolute Gasteiger partial charge is 0.367 e. The summed E-state index contributed by atoms with van der Waals surface area (Å²) >= 11 is 3.41. The summed E-state index contributed by atoms with van der Waals surface area (Å²) in [5.41, 5.74) is 0.733. The van der Waals surface area contributed by atoms with E-state index >= 15 is 0 Å². The molecule has 1 aromatic heterocycles. The lowest BCUT2D eigenvalue weighted by Crippen LogP contribution is -2.42. The van der Waals surface area contributed by atoms with Gasteiger partial charge in [-0.1, -0.05) is 22.0 Å². The molecule has 2 heterocycles. The van der Waals surface area contributed by atoms with Gasteiger partial charge in [0.05, 0.1) is 0 Å². The second-order valence-electron chi connectivity index (χ2n) is 5.32. The minimum Gasteiger partial charge on any atom is -0.367 e. The smallest absolute Gasteiger partial charge is 0.253 e. The first kappa shape index (κ1) is 15.0. The van der Waals surface area contributed by atoms with Crippen LogP contribution in [0.1, 0.15) is 23.2 Å². The van der Waals surface area contributed by atoms with Crippen LogP contribution in [0.3, 0.4) is 0 Å². The molecule has 1 N–H and O–H groups in total. The summed E-state index contributed by atoms with van der Waals surface area (Å²) in [5, 5.41) is 3.39. The minimum atomic E-state index is 0.0989. The van der Waals surface area contributed by atoms with Crippen LogP contribution in [0, 0.1) is 0 Å². The topological polar surface area (TPSA) is 58.1 Å². The molecule has 0 saturated carbocycles. The van der Waals surface area contributed by atoms with Crippen LogP contribution in [0.2, 0.25) is 0 Å². The van der Waals surface area contributed by atoms with Crippen LogP contribution in [0.4, 0.5) is 5.82 Å². The summed E-state index contributed by atoms with van der Waals surface area (Å²) in [6, 6.07) is 9.75. The van der Waals surface area contributed by atoms with Gasteiger partial charge in [-0.25, -0.2) is 9.97 Å². The summed E-state index contributed by atoms with van der Waals surface area (Å²) in [6.07, 6.45) is 5.10. The molecule has 0 unspecified atom stereocenters. The normalized spacial score (nSPS) is 15.6. The molecule has 1 fully saturated rings. The van der Waals surface area contributed by atoms with E-state index in [2.05, 4.69) is 31.2 Å². The Bertz CT molecular complexity index is 642. The van der Waals surface area contributed by atoms with Crippen molar-refractivity contribution >= 4 is 27.7 Å². The van der Waals surface area contributed by atoms with Gasteiger partial charge in [0.25, 0.3) is 5.91 Å². The highest BCUT2D eigenvalue weighted by Gasteiger charge is 2.23. The summed E-state index contributed by atoms with van der Waals surface area (Å²) in [7, 11) is 0. The highest BCUT2D eigenvalue weighted by atomic mass is 79.9. The molecule has 1 aromatic carbocycles. The van der Waals surface area contributed by atoms with Crippen molar-refractivity contribution in [2.24, 2.45) is 0 Å². The number of hydrogen-bond donors (Lipinski definition) is 1. The van der Waals surface area contributed by atoms with Gasteiger partial charge in [-0.15, -0.1) is 0 Å². The lowest BCUT2D eigenvalue weighted by atomic mass is 10.0. The van der Waals surface area contributed by atoms with Crippen molar-refractivity contribution in [3.05, 3.63) is 52.9 Å². The Morgan fingerprint density at radius 1 is 1.27 bits per heavy atom. The van der Waals surface area contributed by atoms with E-state index in [1.807, 2.05) is 35.2 Å². The molecule has 1 saturated heterocycles. The number of carbonyl (C=O) groups is 1. The molecule has 114 valence electrons. The predicted molar refractivity (Wildman–Crippen MR) is 88.7 cm³/mol. The number of carbonyl (C=O) groups excluding carboxylic acids is 1. The number of likely N-dealkylation sites (tertiary alicyclic amines) is 1. The van der Waals surface area contributed by atoms with Gasteiger partial charge in [-0.3, -0.25) is 4.79 Å². The highest BCUT2D eigenvalue weighted by molar-refractivity contribution is 9.10. The van der Waals surface area contributed by atoms with E-state index in [0.717, 1.165) is 41.8 Å². The van der Waals surface area contributed by atoms with Gasteiger partial charge >= 0.3 is 0 Å². The monoisotopic (exact) mass is 360 g/mol. The number of aromatic nitrogens is 2. The quantitative estimate of drug-likeness (QED) is 0.913. The first-order valence-electron chi connectivity index (χ1n) is 7.30. The maximum Gasteiger partial charge on any atom is 0.253 e. The molecule has 0 spiro atoms. The third-order valence-electron chi connectivity index (χ3n) is 3.79. The molecule has 0 radical (unpaired) electrons. The molecule has 22 heavy (non-hydrogen) atoms. The van der Waals surface area contributed by atoms with Gasteiger partial charge in [0, 0.05) is 35.4 Å². The van der Waals surface area contributed by atoms with Crippen molar-refractivity contribution in [2.75, 3.05) is 18.4 Å². The maximum absolute atomic E-state index is 12.5. The third kappa shape index (κ3) is 3.62. The average Bonchev–Trinajstić information content (AvgIpc) is 2.56. The van der Waals surface area contributed by atoms with Crippen LogP contribution in [0.5, 0.6) is 0 Å². The fraction of sp³-hybridized carbons (Fsp3) is 0.312. The number of piperidine rings is 1. The van der Waals surface area contributed by atoms with Gasteiger partial charge in [0.15, 0.2) is 0 Å².